The lowest BCUT2D eigenvalue weighted by molar-refractivity contribution is -0.116. The van der Waals surface area contributed by atoms with Crippen molar-refractivity contribution in [2.75, 3.05) is 18.4 Å². The molecule has 7 heteroatoms. The molecule has 32 heavy (non-hydrogen) atoms. The van der Waals surface area contributed by atoms with Crippen molar-refractivity contribution in [2.24, 2.45) is 0 Å². The number of carbonyl (C=O) groups is 2. The number of hydrogen-bond donors (Lipinski definition) is 2. The van der Waals surface area contributed by atoms with Gasteiger partial charge in [0, 0.05) is 53.0 Å². The Labute approximate surface area is 193 Å². The molecule has 2 amide bonds. The second-order valence-corrected chi connectivity index (χ2v) is 9.06. The van der Waals surface area contributed by atoms with Gasteiger partial charge in [-0.15, -0.1) is 0 Å². The Hall–Kier alpha value is -2.83. The first kappa shape index (κ1) is 22.4. The third-order valence-corrected chi connectivity index (χ3v) is 6.32. The van der Waals surface area contributed by atoms with Crippen molar-refractivity contribution in [1.82, 2.24) is 14.8 Å². The van der Waals surface area contributed by atoms with Gasteiger partial charge in [0.15, 0.2) is 0 Å². The van der Waals surface area contributed by atoms with E-state index in [-0.39, 0.29) is 24.4 Å². The Bertz CT molecular complexity index is 1100. The van der Waals surface area contributed by atoms with Gasteiger partial charge in [-0.25, -0.2) is 0 Å². The summed E-state index contributed by atoms with van der Waals surface area (Å²) in [6.07, 6.45) is 3.68. The van der Waals surface area contributed by atoms with Crippen molar-refractivity contribution in [3.63, 3.8) is 0 Å². The zero-order valence-corrected chi connectivity index (χ0v) is 19.2. The fraction of sp³-hybridized carbons (Fsp3) is 0.360. The van der Waals surface area contributed by atoms with Crippen LogP contribution in [0.3, 0.4) is 0 Å². The minimum absolute atomic E-state index is 0.0824. The SMILES string of the molecule is CC(C)N1CCC(NC(=O)c2cn(CC(=O)Nc3ccc(Cl)cc3)c3ccccc23)CC1. The molecule has 0 bridgehead atoms. The lowest BCUT2D eigenvalue weighted by Gasteiger charge is -2.34. The van der Waals surface area contributed by atoms with Gasteiger partial charge in [-0.1, -0.05) is 29.8 Å². The second kappa shape index (κ2) is 9.76. The molecule has 168 valence electrons. The average molecular weight is 453 g/mol. The number of fused-ring (bicyclic) bond motifs is 1. The smallest absolute Gasteiger partial charge is 0.253 e. The molecule has 0 saturated carbocycles. The van der Waals surface area contributed by atoms with E-state index in [4.69, 9.17) is 11.6 Å². The van der Waals surface area contributed by atoms with Crippen LogP contribution < -0.4 is 10.6 Å². The van der Waals surface area contributed by atoms with Crippen LogP contribution in [0.5, 0.6) is 0 Å². The van der Waals surface area contributed by atoms with Crippen molar-refractivity contribution >= 4 is 40.0 Å². The average Bonchev–Trinajstić information content (AvgIpc) is 3.14. The molecule has 6 nitrogen and oxygen atoms in total. The highest BCUT2D eigenvalue weighted by molar-refractivity contribution is 6.30. The minimum atomic E-state index is -0.166. The van der Waals surface area contributed by atoms with Gasteiger partial charge < -0.3 is 20.1 Å². The van der Waals surface area contributed by atoms with Gasteiger partial charge >= 0.3 is 0 Å². The van der Waals surface area contributed by atoms with E-state index in [1.807, 2.05) is 28.8 Å². The highest BCUT2D eigenvalue weighted by atomic mass is 35.5. The number of amides is 2. The fourth-order valence-corrected chi connectivity index (χ4v) is 4.40. The minimum Gasteiger partial charge on any atom is -0.349 e. The Morgan fingerprint density at radius 1 is 1.06 bits per heavy atom. The highest BCUT2D eigenvalue weighted by Gasteiger charge is 2.24. The molecule has 1 aliphatic heterocycles. The molecule has 1 aromatic heterocycles. The van der Waals surface area contributed by atoms with Crippen molar-refractivity contribution in [2.45, 2.75) is 45.3 Å². The van der Waals surface area contributed by atoms with Crippen LogP contribution in [0, 0.1) is 0 Å². The summed E-state index contributed by atoms with van der Waals surface area (Å²) in [7, 11) is 0. The molecule has 2 N–H and O–H groups in total. The van der Waals surface area contributed by atoms with E-state index in [9.17, 15) is 9.59 Å². The van der Waals surface area contributed by atoms with Crippen molar-refractivity contribution in [1.29, 1.82) is 0 Å². The molecule has 1 aliphatic rings. The summed E-state index contributed by atoms with van der Waals surface area (Å²) in [5, 5.41) is 7.55. The van der Waals surface area contributed by atoms with Crippen LogP contribution in [0.4, 0.5) is 5.69 Å². The molecule has 0 radical (unpaired) electrons. The maximum absolute atomic E-state index is 13.1. The number of carbonyl (C=O) groups excluding carboxylic acids is 2. The second-order valence-electron chi connectivity index (χ2n) is 8.62. The molecule has 0 unspecified atom stereocenters. The van der Waals surface area contributed by atoms with Crippen LogP contribution in [0.25, 0.3) is 10.9 Å². The summed E-state index contributed by atoms with van der Waals surface area (Å²) in [6.45, 7) is 6.52. The molecule has 0 atom stereocenters. The zero-order valence-electron chi connectivity index (χ0n) is 18.5. The van der Waals surface area contributed by atoms with Gasteiger partial charge in [-0.2, -0.15) is 0 Å². The van der Waals surface area contributed by atoms with Crippen LogP contribution in [0.2, 0.25) is 5.02 Å². The number of halogens is 1. The number of nitrogens with one attached hydrogen (secondary N) is 2. The Kier molecular flexibility index (Phi) is 6.82. The number of anilines is 1. The molecule has 1 fully saturated rings. The molecule has 0 spiro atoms. The van der Waals surface area contributed by atoms with Crippen LogP contribution in [0.1, 0.15) is 37.0 Å². The van der Waals surface area contributed by atoms with Crippen LogP contribution in [-0.4, -0.2) is 46.5 Å². The van der Waals surface area contributed by atoms with Gasteiger partial charge in [0.25, 0.3) is 5.91 Å². The number of benzene rings is 2. The van der Waals surface area contributed by atoms with E-state index in [2.05, 4.69) is 29.4 Å². The van der Waals surface area contributed by atoms with E-state index in [1.165, 1.54) is 0 Å². The Morgan fingerprint density at radius 2 is 1.75 bits per heavy atom. The van der Waals surface area contributed by atoms with Gasteiger partial charge in [0.05, 0.1) is 5.56 Å². The van der Waals surface area contributed by atoms with Gasteiger partial charge in [0.2, 0.25) is 5.91 Å². The molecular weight excluding hydrogens is 424 g/mol. The number of hydrogen-bond acceptors (Lipinski definition) is 3. The Balaban J connectivity index is 1.47. The van der Waals surface area contributed by atoms with E-state index in [0.29, 0.717) is 22.3 Å². The van der Waals surface area contributed by atoms with Crippen molar-refractivity contribution in [3.8, 4) is 0 Å². The normalized spacial score (nSPS) is 15.2. The number of likely N-dealkylation sites (tertiary alicyclic amines) is 1. The van der Waals surface area contributed by atoms with Gasteiger partial charge in [-0.05, 0) is 57.0 Å². The van der Waals surface area contributed by atoms with Crippen LogP contribution >= 0.6 is 11.6 Å². The lowest BCUT2D eigenvalue weighted by Crippen LogP contribution is -2.46. The molecule has 4 rings (SSSR count). The predicted molar refractivity (Wildman–Crippen MR) is 129 cm³/mol. The summed E-state index contributed by atoms with van der Waals surface area (Å²) in [6, 6.07) is 15.4. The first-order valence-corrected chi connectivity index (χ1v) is 11.5. The van der Waals surface area contributed by atoms with Gasteiger partial charge in [-0.3, -0.25) is 9.59 Å². The van der Waals surface area contributed by atoms with Gasteiger partial charge in [0.1, 0.15) is 6.54 Å². The van der Waals surface area contributed by atoms with Crippen LogP contribution in [-0.2, 0) is 11.3 Å². The summed E-state index contributed by atoms with van der Waals surface area (Å²) in [5.41, 5.74) is 2.14. The van der Waals surface area contributed by atoms with Crippen LogP contribution in [0.15, 0.2) is 54.7 Å². The lowest BCUT2D eigenvalue weighted by atomic mass is 10.0. The zero-order chi connectivity index (χ0) is 22.7. The van der Waals surface area contributed by atoms with E-state index in [1.54, 1.807) is 30.5 Å². The molecule has 0 aliphatic carbocycles. The number of aromatic nitrogens is 1. The number of para-hydroxylation sites is 1. The standard InChI is InChI=1S/C25H29ClN4O2/c1-17(2)29-13-11-20(12-14-29)28-25(32)22-15-30(23-6-4-3-5-21(22)23)16-24(31)27-19-9-7-18(26)8-10-19/h3-10,15,17,20H,11-14,16H2,1-2H3,(H,27,31)(H,28,32). The topological polar surface area (TPSA) is 66.4 Å². The first-order chi connectivity index (χ1) is 15.4. The van der Waals surface area contributed by atoms with E-state index in [0.717, 1.165) is 36.8 Å². The maximum atomic E-state index is 13.1. The number of piperidine rings is 1. The largest absolute Gasteiger partial charge is 0.349 e. The molecule has 1 saturated heterocycles. The monoisotopic (exact) mass is 452 g/mol. The third-order valence-electron chi connectivity index (χ3n) is 6.07. The summed E-state index contributed by atoms with van der Waals surface area (Å²) >= 11 is 5.91. The highest BCUT2D eigenvalue weighted by Crippen LogP contribution is 2.23. The Morgan fingerprint density at radius 3 is 2.44 bits per heavy atom. The summed E-state index contributed by atoms with van der Waals surface area (Å²) in [4.78, 5) is 28.2. The summed E-state index contributed by atoms with van der Waals surface area (Å²) < 4.78 is 1.83. The maximum Gasteiger partial charge on any atom is 0.253 e. The molecule has 2 heterocycles. The molecular formula is C25H29ClN4O2. The van der Waals surface area contributed by atoms with E-state index < -0.39 is 0 Å². The quantitative estimate of drug-likeness (QED) is 0.577. The molecule has 2 aromatic carbocycles. The third kappa shape index (κ3) is 5.14. The number of rotatable bonds is 6. The molecule has 3 aromatic rings. The first-order valence-electron chi connectivity index (χ1n) is 11.1. The fourth-order valence-electron chi connectivity index (χ4n) is 4.27. The predicted octanol–water partition coefficient (Wildman–Crippen LogP) is 4.54. The van der Waals surface area contributed by atoms with E-state index >= 15 is 0 Å². The number of nitrogens with zero attached hydrogens (tertiary/aromatic N) is 2. The summed E-state index contributed by atoms with van der Waals surface area (Å²) in [5.74, 6) is -0.248. The van der Waals surface area contributed by atoms with Crippen molar-refractivity contribution in [3.05, 3.63) is 65.3 Å². The van der Waals surface area contributed by atoms with Crippen molar-refractivity contribution < 1.29 is 9.59 Å².